The molecule has 0 unspecified atom stereocenters. The van der Waals surface area contributed by atoms with Crippen LogP contribution in [0.15, 0.2) is 52.8 Å². The summed E-state index contributed by atoms with van der Waals surface area (Å²) >= 11 is 0. The van der Waals surface area contributed by atoms with E-state index in [9.17, 15) is 13.2 Å². The van der Waals surface area contributed by atoms with Gasteiger partial charge in [0, 0.05) is 11.1 Å². The van der Waals surface area contributed by atoms with E-state index in [1.807, 2.05) is 32.0 Å². The molecule has 0 spiro atoms. The number of benzene rings is 2. The number of hydrogen-bond donors (Lipinski definition) is 0. The Balaban J connectivity index is 0.00000118. The molecule has 0 N–H and O–H groups in total. The van der Waals surface area contributed by atoms with Crippen LogP contribution >= 0.6 is 0 Å². The summed E-state index contributed by atoms with van der Waals surface area (Å²) in [7, 11) is 2.79. The normalized spacial score (nSPS) is 11.9. The maximum Gasteiger partial charge on any atom is 0.416 e. The van der Waals surface area contributed by atoms with E-state index in [0.29, 0.717) is 23.5 Å². The average Bonchev–Trinajstić information content (AvgIpc) is 2.78. The van der Waals surface area contributed by atoms with Gasteiger partial charge in [-0.25, -0.2) is 0 Å². The van der Waals surface area contributed by atoms with Gasteiger partial charge >= 0.3 is 6.18 Å². The second kappa shape index (κ2) is 13.1. The van der Waals surface area contributed by atoms with Gasteiger partial charge in [0.25, 0.3) is 6.47 Å². The lowest BCUT2D eigenvalue weighted by atomic mass is 9.97. The van der Waals surface area contributed by atoms with Crippen LogP contribution in [-0.2, 0) is 38.4 Å². The minimum absolute atomic E-state index is 0.173. The first-order valence-electron chi connectivity index (χ1n) is 9.69. The molecule has 0 atom stereocenters. The molecule has 174 valence electrons. The molecule has 2 aromatic carbocycles. The summed E-state index contributed by atoms with van der Waals surface area (Å²) < 4.78 is 42.5. The Morgan fingerprint density at radius 1 is 1.03 bits per heavy atom. The predicted octanol–water partition coefficient (Wildman–Crippen LogP) is 5.37. The molecule has 32 heavy (non-hydrogen) atoms. The first-order valence-corrected chi connectivity index (χ1v) is 9.69. The molecule has 2 aromatic rings. The third-order valence-corrected chi connectivity index (χ3v) is 4.39. The number of alkyl halides is 3. The fourth-order valence-electron chi connectivity index (χ4n) is 2.83. The maximum atomic E-state index is 12.9. The molecule has 2 rings (SSSR count). The van der Waals surface area contributed by atoms with Crippen molar-refractivity contribution in [3.8, 4) is 0 Å². The molecular formula is C23H27F3N2O4. The number of hydrogen-bond acceptors (Lipinski definition) is 6. The van der Waals surface area contributed by atoms with E-state index in [1.165, 1.54) is 20.3 Å². The molecule has 0 heterocycles. The Morgan fingerprint density at radius 3 is 2.25 bits per heavy atom. The summed E-state index contributed by atoms with van der Waals surface area (Å²) in [6.07, 6.45) is -3.60. The molecule has 0 saturated heterocycles. The molecule has 0 fully saturated rings. The van der Waals surface area contributed by atoms with E-state index in [2.05, 4.69) is 15.0 Å². The van der Waals surface area contributed by atoms with E-state index in [4.69, 9.17) is 14.5 Å². The molecule has 0 aliphatic rings. The zero-order valence-corrected chi connectivity index (χ0v) is 18.7. The summed E-state index contributed by atoms with van der Waals surface area (Å²) in [4.78, 5) is 19.3. The Bertz CT molecular complexity index is 941. The first kappa shape index (κ1) is 26.7. The van der Waals surface area contributed by atoms with Crippen molar-refractivity contribution in [3.63, 3.8) is 0 Å². The quantitative estimate of drug-likeness (QED) is 0.307. The van der Waals surface area contributed by atoms with Crippen molar-refractivity contribution in [1.82, 2.24) is 0 Å². The average molecular weight is 452 g/mol. The summed E-state index contributed by atoms with van der Waals surface area (Å²) in [5, 5.41) is 7.99. The van der Waals surface area contributed by atoms with Crippen LogP contribution in [0.3, 0.4) is 0 Å². The molecule has 0 aliphatic carbocycles. The van der Waals surface area contributed by atoms with Gasteiger partial charge in [0.05, 0.1) is 24.1 Å². The Morgan fingerprint density at radius 2 is 1.69 bits per heavy atom. The number of carbonyl (C=O) groups is 1. The van der Waals surface area contributed by atoms with E-state index >= 15 is 0 Å². The monoisotopic (exact) mass is 452 g/mol. The van der Waals surface area contributed by atoms with Crippen molar-refractivity contribution in [2.24, 2.45) is 10.3 Å². The largest absolute Gasteiger partial charge is 0.471 e. The van der Waals surface area contributed by atoms with Gasteiger partial charge in [0.1, 0.15) is 13.7 Å². The first-order chi connectivity index (χ1) is 15.2. The van der Waals surface area contributed by atoms with Gasteiger partial charge in [-0.1, -0.05) is 47.6 Å². The highest BCUT2D eigenvalue weighted by Gasteiger charge is 2.30. The van der Waals surface area contributed by atoms with Gasteiger partial charge in [-0.3, -0.25) is 4.79 Å². The third kappa shape index (κ3) is 8.05. The van der Waals surface area contributed by atoms with Gasteiger partial charge < -0.3 is 14.4 Å². The second-order valence-corrected chi connectivity index (χ2v) is 6.52. The number of methoxy groups -OCH3 is 1. The van der Waals surface area contributed by atoms with Crippen molar-refractivity contribution >= 4 is 17.9 Å². The van der Waals surface area contributed by atoms with Crippen LogP contribution in [-0.4, -0.2) is 32.1 Å². The number of oxime groups is 2. The standard InChI is InChI=1S/C21H23F3N2O2.C2H4O2/c1-5-16-8-7-11-19(15(3)25-27-4)20(16)13-28-26-14(2)17-9-6-10-18(12-17)21(22,23)24;1-4-2-3/h6-12H,5,13H2,1-4H3;2H,1H3/b25-15-,26-14+;. The lowest BCUT2D eigenvalue weighted by Gasteiger charge is -2.13. The van der Waals surface area contributed by atoms with Crippen LogP contribution in [0.2, 0.25) is 0 Å². The Hall–Kier alpha value is -3.36. The van der Waals surface area contributed by atoms with Gasteiger partial charge in [-0.15, -0.1) is 0 Å². The van der Waals surface area contributed by atoms with Crippen LogP contribution in [0.4, 0.5) is 13.2 Å². The summed E-state index contributed by atoms with van der Waals surface area (Å²) in [5.74, 6) is 0. The van der Waals surface area contributed by atoms with Crippen molar-refractivity contribution in [2.75, 3.05) is 14.2 Å². The second-order valence-electron chi connectivity index (χ2n) is 6.52. The number of rotatable bonds is 8. The summed E-state index contributed by atoms with van der Waals surface area (Å²) in [5.41, 5.74) is 3.59. The number of nitrogens with zero attached hydrogens (tertiary/aromatic N) is 2. The number of aryl methyl sites for hydroxylation is 1. The lowest BCUT2D eigenvalue weighted by Crippen LogP contribution is -2.08. The highest BCUT2D eigenvalue weighted by Crippen LogP contribution is 2.29. The Kier molecular flexibility index (Phi) is 11.0. The maximum absolute atomic E-state index is 12.9. The summed E-state index contributed by atoms with van der Waals surface area (Å²) in [6.45, 7) is 6.02. The number of carbonyl (C=O) groups excluding carboxylic acids is 1. The van der Waals surface area contributed by atoms with E-state index in [0.717, 1.165) is 35.2 Å². The highest BCUT2D eigenvalue weighted by molar-refractivity contribution is 6.00. The van der Waals surface area contributed by atoms with Gasteiger partial charge in [0.15, 0.2) is 0 Å². The fraction of sp³-hybridized carbons (Fsp3) is 0.348. The van der Waals surface area contributed by atoms with Crippen molar-refractivity contribution in [1.29, 1.82) is 0 Å². The summed E-state index contributed by atoms with van der Waals surface area (Å²) in [6, 6.07) is 10.8. The van der Waals surface area contributed by atoms with E-state index < -0.39 is 11.7 Å². The zero-order valence-electron chi connectivity index (χ0n) is 18.7. The minimum Gasteiger partial charge on any atom is -0.471 e. The lowest BCUT2D eigenvalue weighted by molar-refractivity contribution is -0.137. The Labute approximate surface area is 185 Å². The fourth-order valence-corrected chi connectivity index (χ4v) is 2.83. The molecule has 0 bridgehead atoms. The molecule has 0 saturated carbocycles. The van der Waals surface area contributed by atoms with Gasteiger partial charge in [-0.05, 0) is 43.5 Å². The molecule has 9 heteroatoms. The highest BCUT2D eigenvalue weighted by atomic mass is 19.4. The van der Waals surface area contributed by atoms with Crippen LogP contribution in [0.5, 0.6) is 0 Å². The van der Waals surface area contributed by atoms with Crippen molar-refractivity contribution < 1.29 is 32.4 Å². The molecular weight excluding hydrogens is 425 g/mol. The van der Waals surface area contributed by atoms with Crippen LogP contribution in [0.1, 0.15) is 48.6 Å². The molecule has 0 radical (unpaired) electrons. The van der Waals surface area contributed by atoms with Gasteiger partial charge in [0.2, 0.25) is 0 Å². The van der Waals surface area contributed by atoms with Crippen LogP contribution < -0.4 is 0 Å². The van der Waals surface area contributed by atoms with E-state index in [-0.39, 0.29) is 6.61 Å². The SMILES string of the molecule is CCc1cccc(/C(C)=N\OC)c1CO/N=C(\C)c1cccc(C(F)(F)F)c1.COC=O. The molecule has 0 amide bonds. The third-order valence-electron chi connectivity index (χ3n) is 4.39. The molecule has 6 nitrogen and oxygen atoms in total. The van der Waals surface area contributed by atoms with Crippen molar-refractivity contribution in [3.05, 3.63) is 70.3 Å². The number of halogens is 3. The van der Waals surface area contributed by atoms with Crippen LogP contribution in [0, 0.1) is 0 Å². The van der Waals surface area contributed by atoms with E-state index in [1.54, 1.807) is 13.0 Å². The van der Waals surface area contributed by atoms with Crippen molar-refractivity contribution in [2.45, 2.75) is 40.0 Å². The van der Waals surface area contributed by atoms with Gasteiger partial charge in [-0.2, -0.15) is 13.2 Å². The number of ether oxygens (including phenoxy) is 1. The van der Waals surface area contributed by atoms with Crippen LogP contribution in [0.25, 0.3) is 0 Å². The smallest absolute Gasteiger partial charge is 0.416 e. The molecule has 0 aromatic heterocycles. The minimum atomic E-state index is -4.40. The molecule has 0 aliphatic heterocycles. The zero-order chi connectivity index (χ0) is 24.1. The predicted molar refractivity (Wildman–Crippen MR) is 117 cm³/mol. The topological polar surface area (TPSA) is 69.5 Å².